The smallest absolute Gasteiger partial charge is 0.127 e. The summed E-state index contributed by atoms with van der Waals surface area (Å²) in [7, 11) is -1.33. The van der Waals surface area contributed by atoms with Gasteiger partial charge in [-0.25, -0.2) is 0 Å². The van der Waals surface area contributed by atoms with Gasteiger partial charge < -0.3 is 0 Å². The first-order valence-electron chi connectivity index (χ1n) is 6.90. The van der Waals surface area contributed by atoms with Gasteiger partial charge >= 0.3 is 0 Å². The average molecular weight is 276 g/mol. The molecule has 100 valence electrons. The summed E-state index contributed by atoms with van der Waals surface area (Å²) in [5.74, 6) is 3.27. The summed E-state index contributed by atoms with van der Waals surface area (Å²) in [4.78, 5) is 0. The normalized spacial score (nSPS) is 10.3. The van der Waals surface area contributed by atoms with Crippen molar-refractivity contribution in [2.24, 2.45) is 0 Å². The molecule has 0 nitrogen and oxygen atoms in total. The highest BCUT2D eigenvalue weighted by Gasteiger charge is 2.07. The zero-order valence-electron chi connectivity index (χ0n) is 12.4. The van der Waals surface area contributed by atoms with Gasteiger partial charge in [0.1, 0.15) is 8.07 Å². The molecule has 0 bridgehead atoms. The van der Waals surface area contributed by atoms with E-state index < -0.39 is 8.07 Å². The largest absolute Gasteiger partial charge is 0.129 e. The molecule has 0 spiro atoms. The van der Waals surface area contributed by atoms with E-state index in [0.29, 0.717) is 0 Å². The molecule has 2 aromatic rings. The van der Waals surface area contributed by atoms with Gasteiger partial charge in [-0.1, -0.05) is 86.2 Å². The minimum atomic E-state index is -1.33. The Morgan fingerprint density at radius 1 is 0.800 bits per heavy atom. The van der Waals surface area contributed by atoms with Crippen molar-refractivity contribution in [1.29, 1.82) is 0 Å². The molecule has 0 N–H and O–H groups in total. The van der Waals surface area contributed by atoms with E-state index in [2.05, 4.69) is 85.7 Å². The fourth-order valence-corrected chi connectivity index (χ4v) is 2.40. The highest BCUT2D eigenvalue weighted by molar-refractivity contribution is 6.83. The monoisotopic (exact) mass is 276 g/mol. The Labute approximate surface area is 123 Å². The van der Waals surface area contributed by atoms with Crippen molar-refractivity contribution in [3.8, 4) is 11.5 Å². The van der Waals surface area contributed by atoms with Crippen molar-refractivity contribution in [1.82, 2.24) is 0 Å². The lowest BCUT2D eigenvalue weighted by atomic mass is 9.98. The van der Waals surface area contributed by atoms with E-state index >= 15 is 0 Å². The van der Waals surface area contributed by atoms with Gasteiger partial charge in [0.2, 0.25) is 0 Å². The predicted molar refractivity (Wildman–Crippen MR) is 91.1 cm³/mol. The lowest BCUT2D eigenvalue weighted by Crippen LogP contribution is -2.16. The molecule has 20 heavy (non-hydrogen) atoms. The van der Waals surface area contributed by atoms with Gasteiger partial charge in [0.15, 0.2) is 0 Å². The van der Waals surface area contributed by atoms with E-state index in [1.807, 2.05) is 12.1 Å². The number of rotatable bonds is 2. The Hall–Kier alpha value is -2.04. The van der Waals surface area contributed by atoms with Crippen molar-refractivity contribution in [2.45, 2.75) is 19.6 Å². The van der Waals surface area contributed by atoms with Gasteiger partial charge in [-0.3, -0.25) is 0 Å². The Morgan fingerprint density at radius 3 is 1.65 bits per heavy atom. The van der Waals surface area contributed by atoms with Crippen LogP contribution in [0.3, 0.4) is 0 Å². The van der Waals surface area contributed by atoms with Crippen LogP contribution in [0.15, 0.2) is 66.7 Å². The Balaban J connectivity index is 2.45. The summed E-state index contributed by atoms with van der Waals surface area (Å²) in [6.07, 6.45) is 2.06. The summed E-state index contributed by atoms with van der Waals surface area (Å²) in [6.45, 7) is 6.79. The summed E-state index contributed by atoms with van der Waals surface area (Å²) >= 11 is 0. The molecule has 2 aromatic carbocycles. The van der Waals surface area contributed by atoms with Crippen LogP contribution in [-0.2, 0) is 0 Å². The third-order valence-electron chi connectivity index (χ3n) is 2.83. The first kappa shape index (κ1) is 14.4. The molecule has 0 radical (unpaired) electrons. The van der Waals surface area contributed by atoms with E-state index in [1.54, 1.807) is 0 Å². The standard InChI is InChI=1S/C19H20Si/c1-20(2,3)16-10-15-19(17-11-6-4-7-12-17)18-13-8-5-9-14-18/h4-9,11-15H,1-3H3. The molecule has 0 aromatic heterocycles. The zero-order chi connectivity index (χ0) is 14.4. The predicted octanol–water partition coefficient (Wildman–Crippen LogP) is 5.00. The molecule has 0 unspecified atom stereocenters. The topological polar surface area (TPSA) is 0 Å². The molecule has 0 saturated heterocycles. The van der Waals surface area contributed by atoms with Gasteiger partial charge in [-0.15, -0.1) is 5.54 Å². The Morgan fingerprint density at radius 2 is 1.25 bits per heavy atom. The second-order valence-corrected chi connectivity index (χ2v) is 10.6. The van der Waals surface area contributed by atoms with E-state index in [4.69, 9.17) is 0 Å². The molecule has 2 rings (SSSR count). The van der Waals surface area contributed by atoms with Gasteiger partial charge in [-0.2, -0.15) is 0 Å². The van der Waals surface area contributed by atoms with Gasteiger partial charge in [0, 0.05) is 0 Å². The van der Waals surface area contributed by atoms with Gasteiger partial charge in [0.05, 0.1) is 0 Å². The fourth-order valence-electron chi connectivity index (χ4n) is 1.89. The zero-order valence-corrected chi connectivity index (χ0v) is 13.4. The molecule has 0 amide bonds. The first-order valence-corrected chi connectivity index (χ1v) is 10.4. The van der Waals surface area contributed by atoms with Gasteiger partial charge in [0.25, 0.3) is 0 Å². The molecule has 0 saturated carbocycles. The van der Waals surface area contributed by atoms with Crippen molar-refractivity contribution in [3.05, 3.63) is 77.9 Å². The summed E-state index contributed by atoms with van der Waals surface area (Å²) in [5.41, 5.74) is 7.02. The summed E-state index contributed by atoms with van der Waals surface area (Å²) in [5, 5.41) is 0. The van der Waals surface area contributed by atoms with E-state index in [-0.39, 0.29) is 0 Å². The van der Waals surface area contributed by atoms with Crippen LogP contribution in [-0.4, -0.2) is 8.07 Å². The lowest BCUT2D eigenvalue weighted by Gasteiger charge is -2.07. The van der Waals surface area contributed by atoms with Crippen molar-refractivity contribution in [2.75, 3.05) is 0 Å². The quantitative estimate of drug-likeness (QED) is 0.535. The molecule has 0 aliphatic carbocycles. The van der Waals surface area contributed by atoms with E-state index in [1.165, 1.54) is 16.7 Å². The van der Waals surface area contributed by atoms with Crippen LogP contribution in [0.25, 0.3) is 5.57 Å². The molecule has 0 atom stereocenters. The van der Waals surface area contributed by atoms with Crippen molar-refractivity contribution >= 4 is 13.6 Å². The average Bonchev–Trinajstić information content (AvgIpc) is 2.44. The van der Waals surface area contributed by atoms with E-state index in [9.17, 15) is 0 Å². The molecular formula is C19H20Si. The molecule has 1 heteroatoms. The van der Waals surface area contributed by atoms with Crippen LogP contribution >= 0.6 is 0 Å². The minimum Gasteiger partial charge on any atom is -0.127 e. The third-order valence-corrected chi connectivity index (χ3v) is 3.73. The molecule has 0 aliphatic heterocycles. The van der Waals surface area contributed by atoms with Crippen molar-refractivity contribution < 1.29 is 0 Å². The number of allylic oxidation sites excluding steroid dienone is 1. The Kier molecular flexibility index (Phi) is 4.60. The second-order valence-electron chi connectivity index (χ2n) is 5.81. The highest BCUT2D eigenvalue weighted by Crippen LogP contribution is 2.22. The van der Waals surface area contributed by atoms with Crippen LogP contribution in [0.2, 0.25) is 19.6 Å². The van der Waals surface area contributed by atoms with Crippen LogP contribution in [0.5, 0.6) is 0 Å². The number of benzene rings is 2. The van der Waals surface area contributed by atoms with Crippen LogP contribution in [0, 0.1) is 11.5 Å². The molecule has 0 aliphatic rings. The molecular weight excluding hydrogens is 256 g/mol. The minimum absolute atomic E-state index is 1.19. The Bertz CT molecular complexity index is 593. The third kappa shape index (κ3) is 4.26. The first-order chi connectivity index (χ1) is 9.56. The number of hydrogen-bond acceptors (Lipinski definition) is 0. The second kappa shape index (κ2) is 6.41. The maximum atomic E-state index is 3.40. The van der Waals surface area contributed by atoms with Gasteiger partial charge in [-0.05, 0) is 22.8 Å². The lowest BCUT2D eigenvalue weighted by molar-refractivity contribution is 1.55. The van der Waals surface area contributed by atoms with Crippen LogP contribution in [0.4, 0.5) is 0 Å². The fraction of sp³-hybridized carbons (Fsp3) is 0.158. The molecule has 0 heterocycles. The van der Waals surface area contributed by atoms with E-state index in [0.717, 1.165) is 0 Å². The summed E-state index contributed by atoms with van der Waals surface area (Å²) in [6, 6.07) is 20.9. The number of hydrogen-bond donors (Lipinski definition) is 0. The maximum absolute atomic E-state index is 3.40. The summed E-state index contributed by atoms with van der Waals surface area (Å²) < 4.78 is 0. The molecule has 0 fully saturated rings. The SMILES string of the molecule is C[Si](C)(C)C#CC=C(c1ccccc1)c1ccccc1. The van der Waals surface area contributed by atoms with Crippen LogP contribution < -0.4 is 0 Å². The maximum Gasteiger partial charge on any atom is 0.129 e. The highest BCUT2D eigenvalue weighted by atomic mass is 28.3. The van der Waals surface area contributed by atoms with Crippen molar-refractivity contribution in [3.63, 3.8) is 0 Å². The van der Waals surface area contributed by atoms with Crippen LogP contribution in [0.1, 0.15) is 11.1 Å².